The third kappa shape index (κ3) is 6.68. The molecule has 0 aliphatic carbocycles. The van der Waals surface area contributed by atoms with Crippen LogP contribution in [0.1, 0.15) is 11.1 Å². The van der Waals surface area contributed by atoms with Gasteiger partial charge in [0.25, 0.3) is 0 Å². The Bertz CT molecular complexity index is 2600. The van der Waals surface area contributed by atoms with Crippen molar-refractivity contribution in [2.24, 2.45) is 0 Å². The minimum Gasteiger partial charge on any atom is -0.264 e. The summed E-state index contributed by atoms with van der Waals surface area (Å²) in [6.45, 7) is 0. The molecule has 9 rings (SSSR count). The van der Waals surface area contributed by atoms with E-state index in [4.69, 9.17) is 4.98 Å². The molecule has 8 aromatic rings. The van der Waals surface area contributed by atoms with E-state index < -0.39 is 9.84 Å². The van der Waals surface area contributed by atoms with Crippen molar-refractivity contribution in [3.63, 3.8) is 0 Å². The van der Waals surface area contributed by atoms with E-state index in [0.717, 1.165) is 89.3 Å². The maximum Gasteiger partial charge on any atom is 0.158 e. The minimum atomic E-state index is -3.44. The molecule has 1 aliphatic rings. The summed E-state index contributed by atoms with van der Waals surface area (Å²) < 4.78 is 27.3. The van der Waals surface area contributed by atoms with Crippen LogP contribution in [0.4, 0.5) is 0 Å². The van der Waals surface area contributed by atoms with Gasteiger partial charge in [-0.25, -0.2) is 13.4 Å². The van der Waals surface area contributed by atoms with Crippen LogP contribution in [-0.4, -0.2) is 23.4 Å². The minimum absolute atomic E-state index is 0.0187. The van der Waals surface area contributed by atoms with Crippen LogP contribution in [0, 0.1) is 0 Å². The van der Waals surface area contributed by atoms with Crippen LogP contribution < -0.4 is 0 Å². The molecule has 0 N–H and O–H groups in total. The summed E-state index contributed by atoms with van der Waals surface area (Å²) in [5, 5.41) is 0. The Kier molecular flexibility index (Phi) is 8.30. The smallest absolute Gasteiger partial charge is 0.158 e. The second kappa shape index (κ2) is 13.6. The van der Waals surface area contributed by atoms with Crippen molar-refractivity contribution < 1.29 is 8.42 Å². The van der Waals surface area contributed by atoms with E-state index in [0.29, 0.717) is 0 Å². The quantitative estimate of drug-likeness (QED) is 0.172. The van der Waals surface area contributed by atoms with Gasteiger partial charge in [-0.15, -0.1) is 0 Å². The maximum atomic E-state index is 13.7. The molecule has 6 heteroatoms. The molecular weight excluding hydrogens is 671 g/mol. The number of hydrogen-bond donors (Lipinski definition) is 0. The molecule has 5 nitrogen and oxygen atoms in total. The topological polar surface area (TPSA) is 72.8 Å². The Morgan fingerprint density at radius 3 is 1.43 bits per heavy atom. The Balaban J connectivity index is 1.18. The first-order valence-corrected chi connectivity index (χ1v) is 19.3. The van der Waals surface area contributed by atoms with E-state index in [1.54, 1.807) is 12.4 Å². The molecule has 3 aromatic heterocycles. The maximum absolute atomic E-state index is 13.7. The van der Waals surface area contributed by atoms with Crippen LogP contribution in [0.2, 0.25) is 0 Å². The highest BCUT2D eigenvalue weighted by atomic mass is 32.2. The Labute approximate surface area is 309 Å². The fourth-order valence-electron chi connectivity index (χ4n) is 7.22. The third-order valence-electron chi connectivity index (χ3n) is 9.81. The monoisotopic (exact) mass is 703 g/mol. The molecule has 1 aliphatic heterocycles. The second-order valence-electron chi connectivity index (χ2n) is 13.4. The van der Waals surface area contributed by atoms with E-state index in [1.807, 2.05) is 85.2 Å². The van der Waals surface area contributed by atoms with Gasteiger partial charge >= 0.3 is 0 Å². The molecule has 0 radical (unpaired) electrons. The lowest BCUT2D eigenvalue weighted by Crippen LogP contribution is -2.05. The Hall–Kier alpha value is -6.50. The molecule has 53 heavy (non-hydrogen) atoms. The number of hydrogen-bond acceptors (Lipinski definition) is 5. The van der Waals surface area contributed by atoms with Crippen molar-refractivity contribution in [3.05, 3.63) is 188 Å². The molecule has 0 saturated carbocycles. The molecule has 5 aromatic carbocycles. The van der Waals surface area contributed by atoms with Gasteiger partial charge in [-0.2, -0.15) is 0 Å². The lowest BCUT2D eigenvalue weighted by molar-refractivity contribution is 0.595. The number of benzene rings is 5. The number of aromatic nitrogens is 3. The first-order valence-electron chi connectivity index (χ1n) is 17.5. The van der Waals surface area contributed by atoms with E-state index in [9.17, 15) is 8.42 Å². The van der Waals surface area contributed by atoms with Crippen LogP contribution in [-0.2, 0) is 21.3 Å². The van der Waals surface area contributed by atoms with E-state index in [2.05, 4.69) is 88.8 Å². The fourth-order valence-corrected chi connectivity index (χ4v) is 8.76. The van der Waals surface area contributed by atoms with E-state index in [1.165, 1.54) is 0 Å². The normalized spacial score (nSPS) is 13.1. The van der Waals surface area contributed by atoms with Crippen molar-refractivity contribution in [2.45, 2.75) is 11.5 Å². The molecule has 0 spiro atoms. The molecular formula is C47H33N3O2S. The second-order valence-corrected chi connectivity index (χ2v) is 15.5. The molecule has 254 valence electrons. The van der Waals surface area contributed by atoms with Crippen molar-refractivity contribution in [3.8, 4) is 78.1 Å². The summed E-state index contributed by atoms with van der Waals surface area (Å²) in [4.78, 5) is 13.8. The summed E-state index contributed by atoms with van der Waals surface area (Å²) in [5.74, 6) is -0.0569. The zero-order chi connectivity index (χ0) is 35.8. The van der Waals surface area contributed by atoms with Crippen molar-refractivity contribution in [2.75, 3.05) is 0 Å². The lowest BCUT2D eigenvalue weighted by Gasteiger charge is -2.15. The fraction of sp³-hybridized carbons (Fsp3) is 0.0426. The lowest BCUT2D eigenvalue weighted by atomic mass is 9.89. The summed E-state index contributed by atoms with van der Waals surface area (Å²) in [5.41, 5.74) is 15.3. The van der Waals surface area contributed by atoms with Gasteiger partial charge in [0, 0.05) is 47.0 Å². The summed E-state index contributed by atoms with van der Waals surface area (Å²) in [6.07, 6.45) is 7.26. The summed E-state index contributed by atoms with van der Waals surface area (Å²) in [7, 11) is -3.44. The first-order chi connectivity index (χ1) is 26.0. The summed E-state index contributed by atoms with van der Waals surface area (Å²) >= 11 is 0. The van der Waals surface area contributed by atoms with Crippen LogP contribution >= 0.6 is 0 Å². The van der Waals surface area contributed by atoms with Gasteiger partial charge in [0.05, 0.1) is 22.9 Å². The van der Waals surface area contributed by atoms with E-state index in [-0.39, 0.29) is 11.5 Å². The van der Waals surface area contributed by atoms with Crippen LogP contribution in [0.3, 0.4) is 0 Å². The van der Waals surface area contributed by atoms with Crippen molar-refractivity contribution >= 4 is 9.84 Å². The SMILES string of the molecule is O=S1(=O)Cc2cc(-c3cc(-c4cccnc4)cc(-c4cccnc4)c3)ccc2-c2cc(-c3cc(-c4ccccc4)nc(-c4ccccc4)c3)ccc2C1. The highest BCUT2D eigenvalue weighted by molar-refractivity contribution is 7.89. The highest BCUT2D eigenvalue weighted by Gasteiger charge is 2.25. The van der Waals surface area contributed by atoms with E-state index >= 15 is 0 Å². The number of sulfone groups is 1. The number of rotatable bonds is 6. The third-order valence-corrected chi connectivity index (χ3v) is 11.3. The Morgan fingerprint density at radius 2 is 0.868 bits per heavy atom. The average Bonchev–Trinajstić information content (AvgIpc) is 3.33. The predicted octanol–water partition coefficient (Wildman–Crippen LogP) is 11.0. The number of pyridine rings is 3. The zero-order valence-electron chi connectivity index (χ0n) is 28.7. The number of fused-ring (bicyclic) bond motifs is 3. The molecule has 0 unspecified atom stereocenters. The standard InChI is InChI=1S/C47H33N3O2S/c51-53(52)30-38-16-15-35(42-26-46(32-9-3-1-4-10-32)50-47(27-42)33-11-5-2-6-12-33)25-45(38)44-18-17-34(21-43(44)31-53)39-22-40(36-13-7-19-48-28-36)24-41(23-39)37-14-8-20-49-29-37/h1-29H,30-31H2. The molecule has 0 bridgehead atoms. The molecule has 0 saturated heterocycles. The van der Waals surface area contributed by atoms with Gasteiger partial charge in [-0.3, -0.25) is 9.97 Å². The predicted molar refractivity (Wildman–Crippen MR) is 214 cm³/mol. The average molecular weight is 704 g/mol. The van der Waals surface area contributed by atoms with Crippen LogP contribution in [0.25, 0.3) is 78.1 Å². The summed E-state index contributed by atoms with van der Waals surface area (Å²) in [6, 6.07) is 51.5. The highest BCUT2D eigenvalue weighted by Crippen LogP contribution is 2.41. The van der Waals surface area contributed by atoms with Crippen LogP contribution in [0.15, 0.2) is 176 Å². The van der Waals surface area contributed by atoms with Crippen molar-refractivity contribution in [1.29, 1.82) is 0 Å². The largest absolute Gasteiger partial charge is 0.264 e. The zero-order valence-corrected chi connectivity index (χ0v) is 29.5. The van der Waals surface area contributed by atoms with Crippen molar-refractivity contribution in [1.82, 2.24) is 15.0 Å². The number of nitrogens with zero attached hydrogens (tertiary/aromatic N) is 3. The van der Waals surface area contributed by atoms with Gasteiger partial charge < -0.3 is 0 Å². The van der Waals surface area contributed by atoms with Gasteiger partial charge in [0.1, 0.15) is 0 Å². The molecule has 0 fully saturated rings. The molecule has 0 amide bonds. The van der Waals surface area contributed by atoms with Gasteiger partial charge in [0.2, 0.25) is 0 Å². The first kappa shape index (κ1) is 32.4. The van der Waals surface area contributed by atoms with Crippen LogP contribution in [0.5, 0.6) is 0 Å². The Morgan fingerprint density at radius 1 is 0.377 bits per heavy atom. The van der Waals surface area contributed by atoms with Gasteiger partial charge in [-0.05, 0) is 110 Å². The molecule has 0 atom stereocenters. The van der Waals surface area contributed by atoms with Gasteiger partial charge in [-0.1, -0.05) is 97.1 Å². The van der Waals surface area contributed by atoms with Gasteiger partial charge in [0.15, 0.2) is 9.84 Å². The molecule has 4 heterocycles.